The molecule has 11 heteroatoms. The van der Waals surface area contributed by atoms with Gasteiger partial charge in [-0.2, -0.15) is 0 Å². The Labute approximate surface area is 178 Å². The van der Waals surface area contributed by atoms with E-state index in [-0.39, 0.29) is 40.1 Å². The molecule has 0 aliphatic rings. The lowest BCUT2D eigenvalue weighted by atomic mass is 10.1. The molecular weight excluding hydrogens is 661 g/mol. The van der Waals surface area contributed by atoms with Crippen molar-refractivity contribution in [2.24, 2.45) is 0 Å². The summed E-state index contributed by atoms with van der Waals surface area (Å²) in [6, 6.07) is 0. The van der Waals surface area contributed by atoms with Crippen molar-refractivity contribution in [2.45, 2.75) is 0 Å². The molecule has 0 bridgehead atoms. The average Bonchev–Trinajstić information content (AvgIpc) is 2.49. The van der Waals surface area contributed by atoms with Gasteiger partial charge in [-0.3, -0.25) is 9.59 Å². The number of halogens is 3. The zero-order valence-corrected chi connectivity index (χ0v) is 18.8. The summed E-state index contributed by atoms with van der Waals surface area (Å²) in [7, 11) is 1.36. The molecular formula is C13H13I3N2O6. The second kappa shape index (κ2) is 10.0. The maximum Gasteiger partial charge on any atom is 0.337 e. The number of carbonyl (C=O) groups excluding carboxylic acids is 2. The van der Waals surface area contributed by atoms with Gasteiger partial charge in [0.25, 0.3) is 5.91 Å². The molecule has 0 saturated heterocycles. The van der Waals surface area contributed by atoms with Crippen LogP contribution >= 0.6 is 67.8 Å². The first-order chi connectivity index (χ1) is 11.3. The number of carboxylic acid groups (broad SMARTS) is 1. The Kier molecular flexibility index (Phi) is 9.10. The minimum atomic E-state index is -1.21. The third-order valence-corrected chi connectivity index (χ3v) is 5.93. The van der Waals surface area contributed by atoms with Gasteiger partial charge < -0.3 is 25.6 Å². The SMILES string of the molecule is COCC(=O)Nc1c(I)c(C(=O)O)c(I)c(C(=O)NCCO)c1I. The molecule has 0 unspecified atom stereocenters. The van der Waals surface area contributed by atoms with Gasteiger partial charge in [0.2, 0.25) is 5.91 Å². The molecule has 0 aromatic heterocycles. The Morgan fingerprint density at radius 1 is 1.08 bits per heavy atom. The number of aromatic carboxylic acids is 1. The number of ether oxygens (including phenoxy) is 1. The van der Waals surface area contributed by atoms with E-state index in [1.165, 1.54) is 7.11 Å². The normalized spacial score (nSPS) is 10.4. The molecule has 1 aromatic carbocycles. The molecule has 1 rings (SSSR count). The number of aliphatic hydroxyl groups is 1. The molecule has 24 heavy (non-hydrogen) atoms. The van der Waals surface area contributed by atoms with Gasteiger partial charge >= 0.3 is 5.97 Å². The zero-order chi connectivity index (χ0) is 18.4. The minimum Gasteiger partial charge on any atom is -0.478 e. The van der Waals surface area contributed by atoms with Crippen LogP contribution in [0.4, 0.5) is 5.69 Å². The van der Waals surface area contributed by atoms with Gasteiger partial charge in [-0.1, -0.05) is 0 Å². The minimum absolute atomic E-state index is 0.0325. The second-order valence-electron chi connectivity index (χ2n) is 4.33. The van der Waals surface area contributed by atoms with Crippen LogP contribution in [-0.2, 0) is 9.53 Å². The lowest BCUT2D eigenvalue weighted by Crippen LogP contribution is -2.30. The van der Waals surface area contributed by atoms with E-state index in [1.54, 1.807) is 22.6 Å². The van der Waals surface area contributed by atoms with Crippen molar-refractivity contribution in [3.05, 3.63) is 21.8 Å². The van der Waals surface area contributed by atoms with Crippen molar-refractivity contribution in [3.8, 4) is 0 Å². The highest BCUT2D eigenvalue weighted by Gasteiger charge is 2.28. The fourth-order valence-corrected chi connectivity index (χ4v) is 6.11. The van der Waals surface area contributed by atoms with Crippen LogP contribution < -0.4 is 10.6 Å². The highest BCUT2D eigenvalue weighted by Crippen LogP contribution is 2.35. The van der Waals surface area contributed by atoms with E-state index in [4.69, 9.17) is 9.84 Å². The molecule has 4 N–H and O–H groups in total. The van der Waals surface area contributed by atoms with Crippen molar-refractivity contribution >= 4 is 91.2 Å². The van der Waals surface area contributed by atoms with Gasteiger partial charge in [-0.25, -0.2) is 4.79 Å². The molecule has 0 fully saturated rings. The van der Waals surface area contributed by atoms with Crippen LogP contribution in [0.25, 0.3) is 0 Å². The number of amides is 2. The van der Waals surface area contributed by atoms with E-state index in [2.05, 4.69) is 10.6 Å². The van der Waals surface area contributed by atoms with E-state index in [9.17, 15) is 19.5 Å². The summed E-state index contributed by atoms with van der Waals surface area (Å²) in [5, 5.41) is 23.4. The molecule has 0 heterocycles. The van der Waals surface area contributed by atoms with Crippen LogP contribution in [0.3, 0.4) is 0 Å². The summed E-state index contributed by atoms with van der Waals surface area (Å²) in [6.07, 6.45) is 0. The first-order valence-electron chi connectivity index (χ1n) is 6.37. The molecule has 0 spiro atoms. The van der Waals surface area contributed by atoms with E-state index in [1.807, 2.05) is 45.2 Å². The van der Waals surface area contributed by atoms with Crippen LogP contribution in [0.1, 0.15) is 20.7 Å². The van der Waals surface area contributed by atoms with Gasteiger partial charge in [0, 0.05) is 17.2 Å². The maximum absolute atomic E-state index is 12.3. The number of carbonyl (C=O) groups is 3. The van der Waals surface area contributed by atoms with Crippen molar-refractivity contribution in [1.82, 2.24) is 5.32 Å². The average molecular weight is 674 g/mol. The number of benzene rings is 1. The van der Waals surface area contributed by atoms with Gasteiger partial charge in [0.05, 0.1) is 30.6 Å². The number of methoxy groups -OCH3 is 1. The summed E-state index contributed by atoms with van der Waals surface area (Å²) in [5.41, 5.74) is 0.305. The number of hydrogen-bond donors (Lipinski definition) is 4. The van der Waals surface area contributed by atoms with Crippen LogP contribution in [-0.4, -0.2) is 54.9 Å². The third kappa shape index (κ3) is 5.12. The Morgan fingerprint density at radius 3 is 2.17 bits per heavy atom. The molecule has 2 amide bonds. The molecule has 132 valence electrons. The number of aliphatic hydroxyl groups excluding tert-OH is 1. The van der Waals surface area contributed by atoms with Gasteiger partial charge in [0.15, 0.2) is 0 Å². The summed E-state index contributed by atoms with van der Waals surface area (Å²) in [5.74, 6) is -2.20. The van der Waals surface area contributed by atoms with Crippen LogP contribution in [0.15, 0.2) is 0 Å². The van der Waals surface area contributed by atoms with Crippen LogP contribution in [0.5, 0.6) is 0 Å². The van der Waals surface area contributed by atoms with E-state index >= 15 is 0 Å². The van der Waals surface area contributed by atoms with Crippen molar-refractivity contribution in [2.75, 3.05) is 32.2 Å². The third-order valence-electron chi connectivity index (χ3n) is 2.70. The van der Waals surface area contributed by atoms with E-state index in [0.29, 0.717) is 7.14 Å². The predicted octanol–water partition coefficient (Wildman–Crippen LogP) is 1.51. The number of hydrogen-bond acceptors (Lipinski definition) is 5. The Balaban J connectivity index is 3.53. The van der Waals surface area contributed by atoms with Crippen molar-refractivity contribution < 1.29 is 29.3 Å². The Morgan fingerprint density at radius 2 is 1.67 bits per heavy atom. The first-order valence-corrected chi connectivity index (χ1v) is 9.61. The molecule has 0 aliphatic carbocycles. The topological polar surface area (TPSA) is 125 Å². The molecule has 0 saturated carbocycles. The fraction of sp³-hybridized carbons (Fsp3) is 0.308. The molecule has 1 aromatic rings. The van der Waals surface area contributed by atoms with Crippen LogP contribution in [0.2, 0.25) is 0 Å². The molecule has 0 aliphatic heterocycles. The molecule has 0 radical (unpaired) electrons. The quantitative estimate of drug-likeness (QED) is 0.326. The predicted molar refractivity (Wildman–Crippen MR) is 111 cm³/mol. The van der Waals surface area contributed by atoms with Gasteiger partial charge in [-0.15, -0.1) is 0 Å². The lowest BCUT2D eigenvalue weighted by Gasteiger charge is -2.18. The van der Waals surface area contributed by atoms with Gasteiger partial charge in [0.1, 0.15) is 6.61 Å². The summed E-state index contributed by atoms with van der Waals surface area (Å²) in [6.45, 7) is -0.413. The van der Waals surface area contributed by atoms with Crippen molar-refractivity contribution in [3.63, 3.8) is 0 Å². The molecule has 0 atom stereocenters. The highest BCUT2D eigenvalue weighted by atomic mass is 127. The summed E-state index contributed by atoms with van der Waals surface area (Å²) >= 11 is 5.49. The van der Waals surface area contributed by atoms with Crippen molar-refractivity contribution in [1.29, 1.82) is 0 Å². The smallest absolute Gasteiger partial charge is 0.337 e. The monoisotopic (exact) mass is 674 g/mol. The standard InChI is InChI=1S/C13H13I3N2O6/c1-24-4-5(20)18-11-9(15)6(12(21)17-2-3-19)8(14)7(10(11)16)13(22)23/h19H,2-4H2,1H3,(H,17,21)(H,18,20)(H,22,23). The summed E-state index contributed by atoms with van der Waals surface area (Å²) in [4.78, 5) is 35.7. The number of rotatable bonds is 7. The van der Waals surface area contributed by atoms with E-state index in [0.717, 1.165) is 0 Å². The highest BCUT2D eigenvalue weighted by molar-refractivity contribution is 14.1. The van der Waals surface area contributed by atoms with Crippen LogP contribution in [0, 0.1) is 10.7 Å². The number of nitrogens with one attached hydrogen (secondary N) is 2. The Bertz CT molecular complexity index is 680. The first kappa shape index (κ1) is 21.8. The lowest BCUT2D eigenvalue weighted by molar-refractivity contribution is -0.119. The second-order valence-corrected chi connectivity index (χ2v) is 7.57. The van der Waals surface area contributed by atoms with Gasteiger partial charge in [-0.05, 0) is 67.8 Å². The largest absolute Gasteiger partial charge is 0.478 e. The fourth-order valence-electron chi connectivity index (χ4n) is 1.73. The summed E-state index contributed by atoms with van der Waals surface area (Å²) < 4.78 is 5.73. The number of carboxylic acids is 1. The Hall–Kier alpha value is -0.260. The maximum atomic E-state index is 12.3. The zero-order valence-electron chi connectivity index (χ0n) is 12.3. The molecule has 8 nitrogen and oxygen atoms in total. The number of anilines is 1. The van der Waals surface area contributed by atoms with E-state index < -0.39 is 17.8 Å².